The predicted octanol–water partition coefficient (Wildman–Crippen LogP) is -0.0872. The average Bonchev–Trinajstić information content (AvgIpc) is 2.46. The molecule has 1 aliphatic rings. The van der Waals surface area contributed by atoms with E-state index >= 15 is 0 Å². The Hall–Kier alpha value is -1.19. The molecular formula is C12H22N2O6S. The molecule has 0 amide bonds. The summed E-state index contributed by atoms with van der Waals surface area (Å²) >= 11 is 0. The summed E-state index contributed by atoms with van der Waals surface area (Å²) in [4.78, 5) is 21.8. The molecule has 0 aromatic rings. The first-order valence-electron chi connectivity index (χ1n) is 6.80. The number of methoxy groups -OCH3 is 1. The van der Waals surface area contributed by atoms with Crippen LogP contribution in [0.3, 0.4) is 0 Å². The Balaban J connectivity index is 2.49. The van der Waals surface area contributed by atoms with Gasteiger partial charge in [0.2, 0.25) is 0 Å². The lowest BCUT2D eigenvalue weighted by molar-refractivity contribution is -0.143. The summed E-state index contributed by atoms with van der Waals surface area (Å²) < 4.78 is 31.6. The number of carboxylic acid groups (broad SMARTS) is 1. The molecule has 1 fully saturated rings. The molecule has 0 bridgehead atoms. The molecule has 0 radical (unpaired) electrons. The lowest BCUT2D eigenvalue weighted by Crippen LogP contribution is -2.46. The molecule has 0 saturated carbocycles. The van der Waals surface area contributed by atoms with Gasteiger partial charge in [0.1, 0.15) is 0 Å². The summed E-state index contributed by atoms with van der Waals surface area (Å²) in [5.74, 6) is -1.72. The van der Waals surface area contributed by atoms with Crippen LogP contribution in [0.1, 0.15) is 25.7 Å². The van der Waals surface area contributed by atoms with Crippen molar-refractivity contribution in [3.8, 4) is 0 Å². The number of hydrogen-bond donors (Lipinski definition) is 1. The van der Waals surface area contributed by atoms with E-state index in [0.717, 1.165) is 0 Å². The number of carbonyl (C=O) groups is 2. The fourth-order valence-corrected chi connectivity index (χ4v) is 3.62. The standard InChI is InChI=1S/C12H22N2O6S/c1-13(7-3-4-11(15)20-2)21(18,19)14-8-5-10(6-9-14)12(16)17/h10H,3-9H2,1-2H3,(H,16,17). The molecule has 0 spiro atoms. The number of rotatable bonds is 7. The quantitative estimate of drug-likeness (QED) is 0.657. The van der Waals surface area contributed by atoms with Gasteiger partial charge in [-0.05, 0) is 19.3 Å². The third kappa shape index (κ3) is 4.94. The van der Waals surface area contributed by atoms with Crippen LogP contribution in [-0.2, 0) is 24.5 Å². The third-order valence-corrected chi connectivity index (χ3v) is 5.59. The Morgan fingerprint density at radius 3 is 2.38 bits per heavy atom. The molecular weight excluding hydrogens is 300 g/mol. The van der Waals surface area contributed by atoms with Crippen LogP contribution < -0.4 is 0 Å². The van der Waals surface area contributed by atoms with E-state index in [2.05, 4.69) is 4.74 Å². The van der Waals surface area contributed by atoms with Gasteiger partial charge < -0.3 is 9.84 Å². The first-order chi connectivity index (χ1) is 9.78. The summed E-state index contributed by atoms with van der Waals surface area (Å²) in [5, 5.41) is 8.91. The van der Waals surface area contributed by atoms with Gasteiger partial charge in [-0.1, -0.05) is 0 Å². The largest absolute Gasteiger partial charge is 0.481 e. The van der Waals surface area contributed by atoms with Gasteiger partial charge in [-0.3, -0.25) is 9.59 Å². The number of aliphatic carboxylic acids is 1. The van der Waals surface area contributed by atoms with Crippen LogP contribution in [0.2, 0.25) is 0 Å². The lowest BCUT2D eigenvalue weighted by Gasteiger charge is -2.32. The first-order valence-corrected chi connectivity index (χ1v) is 8.19. The van der Waals surface area contributed by atoms with Gasteiger partial charge in [-0.25, -0.2) is 0 Å². The van der Waals surface area contributed by atoms with Gasteiger partial charge in [-0.15, -0.1) is 0 Å². The molecule has 8 nitrogen and oxygen atoms in total. The van der Waals surface area contributed by atoms with Crippen molar-refractivity contribution in [1.82, 2.24) is 8.61 Å². The van der Waals surface area contributed by atoms with E-state index < -0.39 is 22.1 Å². The van der Waals surface area contributed by atoms with Crippen molar-refractivity contribution in [3.05, 3.63) is 0 Å². The van der Waals surface area contributed by atoms with Crippen LogP contribution in [0.5, 0.6) is 0 Å². The SMILES string of the molecule is COC(=O)CCCN(C)S(=O)(=O)N1CCC(C(=O)O)CC1. The van der Waals surface area contributed by atoms with E-state index in [1.165, 1.54) is 22.8 Å². The normalized spacial score (nSPS) is 17.9. The average molecular weight is 322 g/mol. The third-order valence-electron chi connectivity index (χ3n) is 3.60. The highest BCUT2D eigenvalue weighted by Gasteiger charge is 2.33. The fourth-order valence-electron chi connectivity index (χ4n) is 2.19. The zero-order valence-electron chi connectivity index (χ0n) is 12.3. The van der Waals surface area contributed by atoms with Gasteiger partial charge >= 0.3 is 11.9 Å². The minimum atomic E-state index is -3.59. The van der Waals surface area contributed by atoms with Crippen molar-refractivity contribution in [2.24, 2.45) is 5.92 Å². The highest BCUT2D eigenvalue weighted by Crippen LogP contribution is 2.21. The zero-order valence-corrected chi connectivity index (χ0v) is 13.1. The molecule has 21 heavy (non-hydrogen) atoms. The Morgan fingerprint density at radius 2 is 1.90 bits per heavy atom. The molecule has 1 heterocycles. The van der Waals surface area contributed by atoms with Crippen molar-refractivity contribution >= 4 is 22.1 Å². The highest BCUT2D eigenvalue weighted by molar-refractivity contribution is 7.86. The molecule has 0 aromatic heterocycles. The van der Waals surface area contributed by atoms with Crippen molar-refractivity contribution in [3.63, 3.8) is 0 Å². The van der Waals surface area contributed by atoms with Gasteiger partial charge in [0.25, 0.3) is 10.2 Å². The minimum Gasteiger partial charge on any atom is -0.481 e. The Morgan fingerprint density at radius 1 is 1.33 bits per heavy atom. The van der Waals surface area contributed by atoms with Gasteiger partial charge in [0, 0.05) is 33.1 Å². The molecule has 0 atom stereocenters. The van der Waals surface area contributed by atoms with E-state index in [4.69, 9.17) is 5.11 Å². The van der Waals surface area contributed by atoms with E-state index in [0.29, 0.717) is 19.3 Å². The number of carbonyl (C=O) groups excluding carboxylic acids is 1. The fraction of sp³-hybridized carbons (Fsp3) is 0.833. The predicted molar refractivity (Wildman–Crippen MR) is 74.7 cm³/mol. The van der Waals surface area contributed by atoms with Gasteiger partial charge in [0.05, 0.1) is 13.0 Å². The van der Waals surface area contributed by atoms with Crippen LogP contribution in [0.4, 0.5) is 0 Å². The second kappa shape index (κ2) is 7.71. The highest BCUT2D eigenvalue weighted by atomic mass is 32.2. The molecule has 0 aliphatic carbocycles. The molecule has 1 saturated heterocycles. The second-order valence-electron chi connectivity index (χ2n) is 5.02. The summed E-state index contributed by atoms with van der Waals surface area (Å²) in [7, 11) is -0.853. The molecule has 1 N–H and O–H groups in total. The van der Waals surface area contributed by atoms with Gasteiger partial charge in [0.15, 0.2) is 0 Å². The second-order valence-corrected chi connectivity index (χ2v) is 7.06. The smallest absolute Gasteiger partial charge is 0.306 e. The summed E-state index contributed by atoms with van der Waals surface area (Å²) in [5.41, 5.74) is 0. The van der Waals surface area contributed by atoms with E-state index in [1.807, 2.05) is 0 Å². The summed E-state index contributed by atoms with van der Waals surface area (Å²) in [6.45, 7) is 0.636. The topological polar surface area (TPSA) is 104 Å². The Kier molecular flexibility index (Phi) is 6.56. The summed E-state index contributed by atoms with van der Waals surface area (Å²) in [6.07, 6.45) is 1.20. The number of ether oxygens (including phenoxy) is 1. The van der Waals surface area contributed by atoms with Crippen molar-refractivity contribution in [2.75, 3.05) is 33.8 Å². The van der Waals surface area contributed by atoms with Crippen LogP contribution in [0.15, 0.2) is 0 Å². The number of nitrogens with zero attached hydrogens (tertiary/aromatic N) is 2. The monoisotopic (exact) mass is 322 g/mol. The minimum absolute atomic E-state index is 0.164. The zero-order chi connectivity index (χ0) is 16.0. The maximum Gasteiger partial charge on any atom is 0.306 e. The number of esters is 1. The first kappa shape index (κ1) is 17.9. The number of hydrogen-bond acceptors (Lipinski definition) is 5. The lowest BCUT2D eigenvalue weighted by atomic mass is 9.99. The van der Waals surface area contributed by atoms with E-state index in [9.17, 15) is 18.0 Å². The Labute approximate surface area is 124 Å². The number of carboxylic acids is 1. The van der Waals surface area contributed by atoms with Crippen LogP contribution in [0, 0.1) is 5.92 Å². The summed E-state index contributed by atoms with van der Waals surface area (Å²) in [6, 6.07) is 0. The number of piperidine rings is 1. The van der Waals surface area contributed by atoms with Crippen molar-refractivity contribution in [1.29, 1.82) is 0 Å². The van der Waals surface area contributed by atoms with Gasteiger partial charge in [-0.2, -0.15) is 17.0 Å². The maximum absolute atomic E-state index is 12.3. The van der Waals surface area contributed by atoms with Crippen LogP contribution in [0.25, 0.3) is 0 Å². The maximum atomic E-state index is 12.3. The molecule has 0 unspecified atom stereocenters. The molecule has 1 rings (SSSR count). The van der Waals surface area contributed by atoms with Crippen molar-refractivity contribution < 1.29 is 27.9 Å². The molecule has 9 heteroatoms. The van der Waals surface area contributed by atoms with Crippen LogP contribution in [-0.4, -0.2) is 67.9 Å². The molecule has 0 aromatic carbocycles. The van der Waals surface area contributed by atoms with Crippen LogP contribution >= 0.6 is 0 Å². The Bertz CT molecular complexity index is 470. The van der Waals surface area contributed by atoms with Crippen molar-refractivity contribution in [2.45, 2.75) is 25.7 Å². The van der Waals surface area contributed by atoms with E-state index in [1.54, 1.807) is 0 Å². The molecule has 122 valence electrons. The molecule has 1 aliphatic heterocycles. The van der Waals surface area contributed by atoms with E-state index in [-0.39, 0.29) is 32.0 Å².